The molecule has 32 heteroatoms. The number of phenols is 4. The Bertz CT molecular complexity index is 6030. The van der Waals surface area contributed by atoms with Crippen molar-refractivity contribution in [2.75, 3.05) is 0 Å². The number of hydrogen-bond donors (Lipinski definition) is 11. The molecule has 3 atom stereocenters. The van der Waals surface area contributed by atoms with E-state index in [9.17, 15) is 79.5 Å². The molecule has 116 heavy (non-hydrogen) atoms. The molecule has 11 N–H and O–H groups in total. The fraction of sp³-hybridized carbons (Fsp3) is 0.0833. The predicted octanol–water partition coefficient (Wildman–Crippen LogP) is 20.8. The van der Waals surface area contributed by atoms with Crippen LogP contribution in [0.25, 0.3) is 33.4 Å². The van der Waals surface area contributed by atoms with Gasteiger partial charge in [0.2, 0.25) is 5.43 Å². The van der Waals surface area contributed by atoms with Crippen LogP contribution in [-0.2, 0) is 9.59 Å². The van der Waals surface area contributed by atoms with Crippen LogP contribution in [0, 0.1) is 5.92 Å². The van der Waals surface area contributed by atoms with Crippen LogP contribution < -0.4 is 29.1 Å². The molecule has 590 valence electrons. The van der Waals surface area contributed by atoms with Crippen LogP contribution in [0.2, 0.25) is 35.2 Å². The third kappa shape index (κ3) is 16.9. The second-order valence-corrected chi connectivity index (χ2v) is 29.0. The summed E-state index contributed by atoms with van der Waals surface area (Å²) in [5.74, 6) is -5.83. The maximum Gasteiger partial charge on any atom is 0.336 e. The summed E-state index contributed by atoms with van der Waals surface area (Å²) in [5, 5.41) is 102. The Balaban J connectivity index is 0.000000142. The number of benzene rings is 11. The van der Waals surface area contributed by atoms with Gasteiger partial charge in [-0.2, -0.15) is 0 Å². The van der Waals surface area contributed by atoms with Crippen molar-refractivity contribution in [3.63, 3.8) is 0 Å². The topological polar surface area (TPSA) is 401 Å². The molecule has 24 nitrogen and oxygen atoms in total. The predicted molar refractivity (Wildman–Crippen MR) is 430 cm³/mol. The lowest BCUT2D eigenvalue weighted by molar-refractivity contribution is -0.176. The van der Waals surface area contributed by atoms with Crippen LogP contribution in [0.1, 0.15) is 118 Å². The van der Waals surface area contributed by atoms with Gasteiger partial charge in [-0.05, 0) is 95.1 Å². The van der Waals surface area contributed by atoms with E-state index >= 15 is 0 Å². The number of aliphatic hydroxyl groups is 1. The number of carbonyl (C=O) groups excluding carboxylic acids is 2. The van der Waals surface area contributed by atoms with E-state index in [1.165, 1.54) is 98.8 Å². The van der Waals surface area contributed by atoms with Crippen LogP contribution in [0.4, 0.5) is 0 Å². The van der Waals surface area contributed by atoms with E-state index in [-0.39, 0.29) is 108 Å². The average molecular weight is 1730 g/mol. The number of aliphatic hydroxyl groups excluding tert-OH is 1. The number of phenolic OH excluding ortho intramolecular Hbond substituents is 4. The summed E-state index contributed by atoms with van der Waals surface area (Å²) >= 11 is 49.3. The lowest BCUT2D eigenvalue weighted by Crippen LogP contribution is -2.29. The van der Waals surface area contributed by atoms with Crippen molar-refractivity contribution >= 4 is 140 Å². The highest BCUT2D eigenvalue weighted by Crippen LogP contribution is 2.57. The summed E-state index contributed by atoms with van der Waals surface area (Å²) < 4.78 is 33.8. The van der Waals surface area contributed by atoms with Gasteiger partial charge in [0.25, 0.3) is 0 Å². The second kappa shape index (κ2) is 34.6. The Kier molecular flexibility index (Phi) is 24.9. The van der Waals surface area contributed by atoms with Gasteiger partial charge in [0.15, 0.2) is 11.5 Å². The van der Waals surface area contributed by atoms with E-state index in [2.05, 4.69) is 0 Å². The summed E-state index contributed by atoms with van der Waals surface area (Å²) in [7, 11) is 0. The fourth-order valence-corrected chi connectivity index (χ4v) is 15.2. The third-order valence-corrected chi connectivity index (χ3v) is 21.0. The number of aromatic carboxylic acids is 4. The molecule has 3 unspecified atom stereocenters. The molecule has 16 rings (SSSR count). The molecule has 0 radical (unpaired) electrons. The van der Waals surface area contributed by atoms with Crippen LogP contribution in [0.5, 0.6) is 63.2 Å². The minimum absolute atomic E-state index is 0.0176. The van der Waals surface area contributed by atoms with E-state index in [1.54, 1.807) is 109 Å². The summed E-state index contributed by atoms with van der Waals surface area (Å²) in [4.78, 5) is 82.2. The van der Waals surface area contributed by atoms with Gasteiger partial charge >= 0.3 is 35.8 Å². The zero-order valence-corrected chi connectivity index (χ0v) is 65.2. The van der Waals surface area contributed by atoms with E-state index in [0.29, 0.717) is 101 Å². The number of carboxylic acids is 4. The maximum absolute atomic E-state index is 12.0. The number of rotatable bonds is 10. The number of hydrogen-bond acceptors (Lipinski definition) is 20. The van der Waals surface area contributed by atoms with E-state index in [0.717, 1.165) is 0 Å². The molecule has 0 saturated heterocycles. The maximum atomic E-state index is 12.0. The Morgan fingerprint density at radius 3 is 1.22 bits per heavy atom. The average Bonchev–Trinajstić information content (AvgIpc) is 0.758. The van der Waals surface area contributed by atoms with Crippen molar-refractivity contribution < 1.29 is 113 Å². The van der Waals surface area contributed by atoms with E-state index in [4.69, 9.17) is 131 Å². The third-order valence-electron chi connectivity index (χ3n) is 18.6. The van der Waals surface area contributed by atoms with Gasteiger partial charge in [0.1, 0.15) is 75.0 Å². The number of carbonyl (C=O) groups is 6. The highest BCUT2D eigenvalue weighted by Gasteiger charge is 2.41. The number of ether oxygens (including phenoxy) is 5. The minimum atomic E-state index is -1.11. The Morgan fingerprint density at radius 1 is 0.388 bits per heavy atom. The largest absolute Gasteiger partial charge is 0.506 e. The molecule has 0 fully saturated rings. The highest BCUT2D eigenvalue weighted by molar-refractivity contribution is 6.35. The van der Waals surface area contributed by atoms with Gasteiger partial charge in [0, 0.05) is 129 Å². The van der Waals surface area contributed by atoms with E-state index < -0.39 is 71.0 Å². The molecular weight excluding hydrogens is 1680 g/mol. The van der Waals surface area contributed by atoms with Crippen molar-refractivity contribution in [1.29, 1.82) is 0 Å². The molecule has 0 bridgehead atoms. The monoisotopic (exact) mass is 1730 g/mol. The van der Waals surface area contributed by atoms with Gasteiger partial charge in [-0.1, -0.05) is 172 Å². The zero-order chi connectivity index (χ0) is 83.7. The smallest absolute Gasteiger partial charge is 0.336 e. The summed E-state index contributed by atoms with van der Waals surface area (Å²) in [6.07, 6.45) is 2.14. The Morgan fingerprint density at radius 2 is 0.767 bits per heavy atom. The summed E-state index contributed by atoms with van der Waals surface area (Å²) in [6.45, 7) is 2.48. The first-order chi connectivity index (χ1) is 55.2. The number of aromatic hydroxyl groups is 4. The number of carboxylic acid groups (broad SMARTS) is 4. The summed E-state index contributed by atoms with van der Waals surface area (Å²) in [5.41, 5.74) is 6.05. The van der Waals surface area contributed by atoms with Crippen molar-refractivity contribution in [3.8, 4) is 85.7 Å². The van der Waals surface area contributed by atoms with Gasteiger partial charge in [-0.25, -0.2) is 19.2 Å². The second-order valence-electron chi connectivity index (χ2n) is 25.7. The molecule has 0 spiro atoms. The number of esters is 2. The first-order valence-corrected chi connectivity index (χ1v) is 36.8. The van der Waals surface area contributed by atoms with Gasteiger partial charge in [-0.15, -0.1) is 0 Å². The van der Waals surface area contributed by atoms with Crippen molar-refractivity contribution in [2.24, 2.45) is 5.92 Å². The minimum Gasteiger partial charge on any atom is -0.506 e. The van der Waals surface area contributed by atoms with E-state index in [1.807, 2.05) is 0 Å². The van der Waals surface area contributed by atoms with Crippen LogP contribution in [0.15, 0.2) is 214 Å². The van der Waals surface area contributed by atoms with Crippen molar-refractivity contribution in [2.45, 2.75) is 37.7 Å². The van der Waals surface area contributed by atoms with Crippen molar-refractivity contribution in [1.82, 2.24) is 0 Å². The molecule has 10 aromatic rings. The molecular formula is C84H54Cl8O24. The molecule has 4 heterocycles. The quantitative estimate of drug-likeness (QED) is 0.0199. The Labute approximate surface area is 694 Å². The number of halogens is 8. The standard InChI is InChI=1S/C24H16Cl2O7.C20H14Cl2O5.C20H12Cl2O5.C20H10Cl2O5.H2O2/c1-11(27)31-21-9-19-15(7-17(21)25)23(13-5-3-4-6-14(13)24(29)30)16-8-18(26)22(32-12(2)28)10-20(16)33-19;3*21-13-5-11-17(7-15(13)23)27-18-8-16(24)14(22)6-12(18)19(11)9-3-1-2-4-10(9)20(25)26;1-2/h3-10,23H,1-2H3,(H,29,30);1-8,11,15,19,23-24H,(H,25,26);1-8,19,23-24H,(H,25,26);1-8,23H,(H,25,26);1-2H. The molecule has 4 aliphatic heterocycles. The molecule has 6 aliphatic rings. The summed E-state index contributed by atoms with van der Waals surface area (Å²) in [6, 6.07) is 46.5. The van der Waals surface area contributed by atoms with Crippen LogP contribution in [0.3, 0.4) is 0 Å². The first-order valence-electron chi connectivity index (χ1n) is 33.7. The lowest BCUT2D eigenvalue weighted by Gasteiger charge is -2.37. The molecule has 2 aliphatic carbocycles. The number of fused-ring (bicyclic) bond motifs is 8. The fourth-order valence-electron chi connectivity index (χ4n) is 13.7. The molecule has 10 aromatic carbocycles. The zero-order valence-electron chi connectivity index (χ0n) is 59.1. The van der Waals surface area contributed by atoms with Crippen molar-refractivity contribution in [3.05, 3.63) is 317 Å². The SMILES string of the molecule is CC(=O)Oc1cc2c(cc1Cl)C(c1ccccc1C(=O)O)c1cc(Cl)c(OC(C)=O)cc1O2.O=C(O)c1ccccc1-c1c2cc(Cl)c(=O)cc-2oc2cc(O)c(Cl)cc12.O=C(O)c1ccccc1C1c2cc(Cl)c(O)cc2OC2=CC(O)C(Cl)=CC21.O=C(O)c1ccccc1C1c2cc(Cl)c(O)cc2Oc2cc(O)c(Cl)cc21.OO. The lowest BCUT2D eigenvalue weighted by atomic mass is 9.74. The Hall–Kier alpha value is -12.0. The normalized spacial score (nSPS) is 14.6. The first kappa shape index (κ1) is 83.4. The van der Waals surface area contributed by atoms with Gasteiger partial charge in [-0.3, -0.25) is 24.9 Å². The van der Waals surface area contributed by atoms with Gasteiger partial charge < -0.3 is 74.1 Å². The van der Waals surface area contributed by atoms with Gasteiger partial charge in [0.05, 0.1) is 57.4 Å². The molecule has 0 amide bonds. The number of allylic oxidation sites excluding steroid dienone is 1. The van der Waals surface area contributed by atoms with Crippen LogP contribution in [-0.4, -0.2) is 98.4 Å². The molecule has 0 saturated carbocycles. The van der Waals surface area contributed by atoms with Crippen LogP contribution >= 0.6 is 92.8 Å². The highest BCUT2D eigenvalue weighted by atomic mass is 35.5. The molecule has 0 aromatic heterocycles.